The lowest BCUT2D eigenvalue weighted by Gasteiger charge is -2.09. The quantitative estimate of drug-likeness (QED) is 0.867. The molecule has 25 heavy (non-hydrogen) atoms. The lowest BCUT2D eigenvalue weighted by Crippen LogP contribution is -2.31. The van der Waals surface area contributed by atoms with Crippen molar-refractivity contribution in [3.05, 3.63) is 59.2 Å². The van der Waals surface area contributed by atoms with E-state index in [1.165, 1.54) is 0 Å². The van der Waals surface area contributed by atoms with Crippen molar-refractivity contribution in [3.63, 3.8) is 0 Å². The van der Waals surface area contributed by atoms with Gasteiger partial charge in [0.05, 0.1) is 6.54 Å². The highest BCUT2D eigenvalue weighted by atomic mass is 16.2. The summed E-state index contributed by atoms with van der Waals surface area (Å²) in [5, 5.41) is 2.95. The topological polar surface area (TPSA) is 58.5 Å². The van der Waals surface area contributed by atoms with Crippen molar-refractivity contribution in [2.24, 2.45) is 10.9 Å². The Bertz CT molecular complexity index is 895. The number of Topliss-reactive ketones (excluding diaryl/α,β-unsaturated/α-hetero) is 1. The zero-order valence-electron chi connectivity index (χ0n) is 14.2. The predicted molar refractivity (Wildman–Crippen MR) is 97.6 cm³/mol. The van der Waals surface area contributed by atoms with Crippen molar-refractivity contribution in [2.45, 2.75) is 32.7 Å². The maximum Gasteiger partial charge on any atom is 0.228 e. The molecule has 0 atom stereocenters. The van der Waals surface area contributed by atoms with Crippen molar-refractivity contribution >= 4 is 17.5 Å². The molecule has 2 aromatic carbocycles. The summed E-state index contributed by atoms with van der Waals surface area (Å²) in [6, 6.07) is 13.9. The van der Waals surface area contributed by atoms with Gasteiger partial charge in [-0.3, -0.25) is 14.6 Å². The van der Waals surface area contributed by atoms with Crippen LogP contribution >= 0.6 is 0 Å². The van der Waals surface area contributed by atoms with E-state index in [0.29, 0.717) is 18.8 Å². The van der Waals surface area contributed by atoms with Crippen LogP contribution in [0.25, 0.3) is 11.1 Å². The predicted octanol–water partition coefficient (Wildman–Crippen LogP) is 3.73. The number of aliphatic imine (C=N–C) groups is 1. The zero-order valence-corrected chi connectivity index (χ0v) is 14.2. The average molecular weight is 332 g/mol. The number of amidine groups is 1. The van der Waals surface area contributed by atoms with Gasteiger partial charge in [0.15, 0.2) is 5.78 Å². The van der Waals surface area contributed by atoms with Crippen LogP contribution in [0.1, 0.15) is 47.7 Å². The van der Waals surface area contributed by atoms with Crippen LogP contribution in [0, 0.1) is 5.92 Å². The summed E-state index contributed by atoms with van der Waals surface area (Å²) in [5.41, 5.74) is 4.94. The number of ketones is 1. The number of carbonyl (C=O) groups excluding carboxylic acids is 2. The average Bonchev–Trinajstić information content (AvgIpc) is 3.43. The van der Waals surface area contributed by atoms with Gasteiger partial charge < -0.3 is 5.32 Å². The molecular formula is C21H20N2O2. The molecule has 4 heteroatoms. The van der Waals surface area contributed by atoms with Crippen LogP contribution in [0.2, 0.25) is 0 Å². The van der Waals surface area contributed by atoms with Crippen LogP contribution in [0.15, 0.2) is 47.5 Å². The number of carbonyl (C=O) groups is 2. The van der Waals surface area contributed by atoms with E-state index < -0.39 is 0 Å². The summed E-state index contributed by atoms with van der Waals surface area (Å²) >= 11 is 0. The molecular weight excluding hydrogens is 312 g/mol. The van der Waals surface area contributed by atoms with Gasteiger partial charge in [-0.1, -0.05) is 37.3 Å². The molecule has 126 valence electrons. The van der Waals surface area contributed by atoms with Gasteiger partial charge in [-0.15, -0.1) is 0 Å². The van der Waals surface area contributed by atoms with Gasteiger partial charge in [0.25, 0.3) is 0 Å². The molecule has 1 saturated carbocycles. The van der Waals surface area contributed by atoms with Crippen molar-refractivity contribution in [2.75, 3.05) is 0 Å². The Morgan fingerprint density at radius 3 is 2.68 bits per heavy atom. The molecule has 0 unspecified atom stereocenters. The van der Waals surface area contributed by atoms with Crippen molar-refractivity contribution in [3.8, 4) is 11.1 Å². The van der Waals surface area contributed by atoms with Crippen LogP contribution in [0.3, 0.4) is 0 Å². The van der Waals surface area contributed by atoms with Crippen molar-refractivity contribution < 1.29 is 9.59 Å². The first-order chi connectivity index (χ1) is 12.2. The van der Waals surface area contributed by atoms with E-state index in [1.807, 2.05) is 43.3 Å². The number of nitrogens with one attached hydrogen (secondary N) is 1. The SMILES string of the molecule is CCC(=O)c1cccc(-c2ccc3c(c2)CN=C3NC(=O)C2CC2)c1. The molecule has 1 heterocycles. The molecule has 1 amide bonds. The molecule has 4 nitrogen and oxygen atoms in total. The first-order valence-corrected chi connectivity index (χ1v) is 8.78. The largest absolute Gasteiger partial charge is 0.310 e. The number of fused-ring (bicyclic) bond motifs is 1. The Morgan fingerprint density at radius 2 is 1.92 bits per heavy atom. The third-order valence-electron chi connectivity index (χ3n) is 4.80. The second-order valence-corrected chi connectivity index (χ2v) is 6.66. The Hall–Kier alpha value is -2.75. The number of rotatable bonds is 4. The molecule has 2 aliphatic rings. The molecule has 4 rings (SSSR count). The molecule has 0 spiro atoms. The van der Waals surface area contributed by atoms with Crippen LogP contribution in [-0.4, -0.2) is 17.5 Å². The Labute approximate surface area is 147 Å². The normalized spacial score (nSPS) is 15.5. The molecule has 1 aliphatic carbocycles. The van der Waals surface area contributed by atoms with Crippen LogP contribution in [-0.2, 0) is 11.3 Å². The van der Waals surface area contributed by atoms with E-state index in [4.69, 9.17) is 0 Å². The highest BCUT2D eigenvalue weighted by molar-refractivity contribution is 6.11. The molecule has 0 bridgehead atoms. The Balaban J connectivity index is 1.58. The minimum absolute atomic E-state index is 0.0847. The summed E-state index contributed by atoms with van der Waals surface area (Å²) < 4.78 is 0. The highest BCUT2D eigenvalue weighted by Crippen LogP contribution is 2.30. The number of nitrogens with zero attached hydrogens (tertiary/aromatic N) is 1. The molecule has 0 saturated heterocycles. The van der Waals surface area contributed by atoms with Crippen LogP contribution in [0.4, 0.5) is 0 Å². The van der Waals surface area contributed by atoms with Crippen molar-refractivity contribution in [1.29, 1.82) is 0 Å². The number of hydrogen-bond donors (Lipinski definition) is 1. The minimum atomic E-state index is 0.0847. The summed E-state index contributed by atoms with van der Waals surface area (Å²) in [6.07, 6.45) is 2.47. The second kappa shape index (κ2) is 6.28. The highest BCUT2D eigenvalue weighted by Gasteiger charge is 2.31. The lowest BCUT2D eigenvalue weighted by atomic mass is 9.97. The minimum Gasteiger partial charge on any atom is -0.310 e. The van der Waals surface area contributed by atoms with E-state index in [0.717, 1.165) is 40.7 Å². The summed E-state index contributed by atoms with van der Waals surface area (Å²) in [6.45, 7) is 2.45. The first-order valence-electron chi connectivity index (χ1n) is 8.78. The summed E-state index contributed by atoms with van der Waals surface area (Å²) in [4.78, 5) is 28.4. The molecule has 1 aliphatic heterocycles. The van der Waals surface area contributed by atoms with Gasteiger partial charge >= 0.3 is 0 Å². The van der Waals surface area contributed by atoms with E-state index in [1.54, 1.807) is 0 Å². The van der Waals surface area contributed by atoms with E-state index in [2.05, 4.69) is 16.4 Å². The van der Waals surface area contributed by atoms with Gasteiger partial charge in [-0.2, -0.15) is 0 Å². The summed E-state index contributed by atoms with van der Waals surface area (Å²) in [7, 11) is 0. The standard InChI is InChI=1S/C21H20N2O2/c1-2-19(24)16-5-3-4-14(10-16)15-8-9-18-17(11-15)12-22-20(18)23-21(25)13-6-7-13/h3-5,8-11,13H,2,6-7,12H2,1H3,(H,22,23,25). The van der Waals surface area contributed by atoms with Crippen LogP contribution < -0.4 is 5.32 Å². The van der Waals surface area contributed by atoms with E-state index in [-0.39, 0.29) is 17.6 Å². The van der Waals surface area contributed by atoms with E-state index >= 15 is 0 Å². The van der Waals surface area contributed by atoms with Gasteiger partial charge in [0.2, 0.25) is 5.91 Å². The third-order valence-corrected chi connectivity index (χ3v) is 4.80. The molecule has 0 aromatic heterocycles. The van der Waals surface area contributed by atoms with Crippen molar-refractivity contribution in [1.82, 2.24) is 5.32 Å². The molecule has 2 aromatic rings. The monoisotopic (exact) mass is 332 g/mol. The van der Waals surface area contributed by atoms with Gasteiger partial charge in [-0.25, -0.2) is 0 Å². The maximum atomic E-state index is 12.0. The zero-order chi connectivity index (χ0) is 17.4. The molecule has 1 N–H and O–H groups in total. The first kappa shape index (κ1) is 15.8. The Morgan fingerprint density at radius 1 is 1.12 bits per heavy atom. The van der Waals surface area contributed by atoms with E-state index in [9.17, 15) is 9.59 Å². The third kappa shape index (κ3) is 3.12. The fourth-order valence-corrected chi connectivity index (χ4v) is 3.13. The molecule has 0 radical (unpaired) electrons. The van der Waals surface area contributed by atoms with Gasteiger partial charge in [0.1, 0.15) is 5.84 Å². The second-order valence-electron chi connectivity index (χ2n) is 6.66. The maximum absolute atomic E-state index is 12.0. The number of amides is 1. The Kier molecular flexibility index (Phi) is 3.96. The lowest BCUT2D eigenvalue weighted by molar-refractivity contribution is -0.120. The smallest absolute Gasteiger partial charge is 0.228 e. The fraction of sp³-hybridized carbons (Fsp3) is 0.286. The summed E-state index contributed by atoms with van der Waals surface area (Å²) in [5.74, 6) is 1.09. The fourth-order valence-electron chi connectivity index (χ4n) is 3.13. The van der Waals surface area contributed by atoms with Crippen LogP contribution in [0.5, 0.6) is 0 Å². The van der Waals surface area contributed by atoms with Gasteiger partial charge in [0, 0.05) is 23.5 Å². The van der Waals surface area contributed by atoms with Gasteiger partial charge in [-0.05, 0) is 41.7 Å². The number of benzene rings is 2. The molecule has 1 fully saturated rings. The number of hydrogen-bond acceptors (Lipinski definition) is 3.